The number of carbonyl (C=O) groups excluding carboxylic acids is 1. The number of hydrogen-bond donors (Lipinski definition) is 0. The van der Waals surface area contributed by atoms with Crippen LogP contribution in [0.15, 0.2) is 66.7 Å². The Morgan fingerprint density at radius 1 is 0.694 bits per heavy atom. The molecule has 7 nitrogen and oxygen atoms in total. The summed E-state index contributed by atoms with van der Waals surface area (Å²) in [5, 5.41) is 0. The minimum Gasteiger partial charge on any atom is -0.493 e. The zero-order valence-electron chi connectivity index (χ0n) is 21.8. The zero-order valence-corrected chi connectivity index (χ0v) is 21.8. The van der Waals surface area contributed by atoms with Gasteiger partial charge in [0.05, 0.1) is 28.4 Å². The van der Waals surface area contributed by atoms with Crippen LogP contribution >= 0.6 is 0 Å². The van der Waals surface area contributed by atoms with Gasteiger partial charge in [0.15, 0.2) is 23.0 Å². The molecule has 36 heavy (non-hydrogen) atoms. The van der Waals surface area contributed by atoms with E-state index in [0.717, 1.165) is 43.1 Å². The van der Waals surface area contributed by atoms with Gasteiger partial charge in [0, 0.05) is 30.4 Å². The number of benzene rings is 3. The van der Waals surface area contributed by atoms with Crippen LogP contribution in [0.2, 0.25) is 0 Å². The Labute approximate surface area is 214 Å². The van der Waals surface area contributed by atoms with Crippen LogP contribution in [0, 0.1) is 0 Å². The molecule has 0 aromatic heterocycles. The zero-order chi connectivity index (χ0) is 25.9. The van der Waals surface area contributed by atoms with Crippen LogP contribution in [-0.2, 0) is 6.42 Å². The molecule has 0 fully saturated rings. The van der Waals surface area contributed by atoms with Crippen molar-refractivity contribution in [2.45, 2.75) is 12.8 Å². The summed E-state index contributed by atoms with van der Waals surface area (Å²) in [5.41, 5.74) is 2.61. The van der Waals surface area contributed by atoms with Crippen molar-refractivity contribution in [2.24, 2.45) is 0 Å². The third kappa shape index (κ3) is 6.92. The summed E-state index contributed by atoms with van der Waals surface area (Å²) in [7, 11) is 8.58. The van der Waals surface area contributed by atoms with Gasteiger partial charge in [0.2, 0.25) is 0 Å². The maximum Gasteiger partial charge on any atom is 0.258 e. The van der Waals surface area contributed by atoms with E-state index >= 15 is 0 Å². The predicted molar refractivity (Wildman–Crippen MR) is 143 cm³/mol. The molecule has 0 bridgehead atoms. The van der Waals surface area contributed by atoms with Gasteiger partial charge in [0.1, 0.15) is 0 Å². The lowest BCUT2D eigenvalue weighted by atomic mass is 10.1. The molecule has 0 heterocycles. The second kappa shape index (κ2) is 13.4. The molecule has 192 valence electrons. The molecule has 0 N–H and O–H groups in total. The normalized spacial score (nSPS) is 10.7. The van der Waals surface area contributed by atoms with Crippen molar-refractivity contribution >= 4 is 11.6 Å². The second-order valence-corrected chi connectivity index (χ2v) is 8.46. The van der Waals surface area contributed by atoms with Gasteiger partial charge in [-0.05, 0) is 68.4 Å². The van der Waals surface area contributed by atoms with Crippen molar-refractivity contribution in [1.29, 1.82) is 0 Å². The van der Waals surface area contributed by atoms with E-state index in [1.807, 2.05) is 60.7 Å². The van der Waals surface area contributed by atoms with Gasteiger partial charge < -0.3 is 28.7 Å². The van der Waals surface area contributed by atoms with E-state index in [1.165, 1.54) is 5.56 Å². The van der Waals surface area contributed by atoms with Crippen LogP contribution in [0.1, 0.15) is 22.3 Å². The highest BCUT2D eigenvalue weighted by Gasteiger charge is 2.19. The molecule has 7 heteroatoms. The Balaban J connectivity index is 1.65. The molecule has 3 aromatic rings. The third-order valence-corrected chi connectivity index (χ3v) is 6.10. The smallest absolute Gasteiger partial charge is 0.258 e. The van der Waals surface area contributed by atoms with Crippen molar-refractivity contribution in [3.8, 4) is 23.0 Å². The van der Waals surface area contributed by atoms with Crippen LogP contribution in [0.3, 0.4) is 0 Å². The second-order valence-electron chi connectivity index (χ2n) is 8.46. The third-order valence-electron chi connectivity index (χ3n) is 6.10. The molecule has 0 spiro atoms. The average Bonchev–Trinajstić information content (AvgIpc) is 2.93. The van der Waals surface area contributed by atoms with Crippen molar-refractivity contribution in [3.05, 3.63) is 77.9 Å². The Bertz CT molecular complexity index is 1120. The van der Waals surface area contributed by atoms with Crippen molar-refractivity contribution in [2.75, 3.05) is 60.0 Å². The largest absolute Gasteiger partial charge is 0.493 e. The fourth-order valence-electron chi connectivity index (χ4n) is 4.04. The molecule has 0 atom stereocenters. The average molecular weight is 493 g/mol. The van der Waals surface area contributed by atoms with E-state index in [2.05, 4.69) is 18.0 Å². The standard InChI is InChI=1S/C29H36N2O5/c1-30(19-16-22-12-14-25(33-2)27(20-22)35-4)17-9-18-31(29(32)23-10-7-6-8-11-23)24-13-15-26(34-3)28(21-24)36-5/h6-8,10-15,20-21H,9,16-19H2,1-5H3. The molecule has 0 saturated carbocycles. The van der Waals surface area contributed by atoms with Crippen molar-refractivity contribution < 1.29 is 23.7 Å². The lowest BCUT2D eigenvalue weighted by molar-refractivity contribution is 0.0986. The Morgan fingerprint density at radius 2 is 1.31 bits per heavy atom. The first-order valence-corrected chi connectivity index (χ1v) is 12.0. The summed E-state index contributed by atoms with van der Waals surface area (Å²) in [4.78, 5) is 17.5. The minimum absolute atomic E-state index is 0.0456. The maximum atomic E-state index is 13.4. The first-order chi connectivity index (χ1) is 17.5. The highest BCUT2D eigenvalue weighted by atomic mass is 16.5. The fraction of sp³-hybridized carbons (Fsp3) is 0.345. The molecule has 0 unspecified atom stereocenters. The van der Waals surface area contributed by atoms with E-state index < -0.39 is 0 Å². The lowest BCUT2D eigenvalue weighted by Gasteiger charge is -2.25. The molecule has 0 aliphatic carbocycles. The minimum atomic E-state index is -0.0456. The first kappa shape index (κ1) is 26.9. The molecule has 0 radical (unpaired) electrons. The number of ether oxygens (including phenoxy) is 4. The molecule has 3 aromatic carbocycles. The summed E-state index contributed by atoms with van der Waals surface area (Å²) in [6.07, 6.45) is 1.70. The van der Waals surface area contributed by atoms with Crippen molar-refractivity contribution in [3.63, 3.8) is 0 Å². The van der Waals surface area contributed by atoms with Gasteiger partial charge in [0.25, 0.3) is 5.91 Å². The molecular formula is C29H36N2O5. The Kier molecular flexibility index (Phi) is 10.0. The van der Waals surface area contributed by atoms with Gasteiger partial charge in [-0.2, -0.15) is 0 Å². The number of carbonyl (C=O) groups is 1. The van der Waals surface area contributed by atoms with E-state index in [1.54, 1.807) is 33.3 Å². The van der Waals surface area contributed by atoms with E-state index in [9.17, 15) is 4.79 Å². The van der Waals surface area contributed by atoms with Crippen LogP contribution in [0.25, 0.3) is 0 Å². The summed E-state index contributed by atoms with van der Waals surface area (Å²) < 4.78 is 21.6. The summed E-state index contributed by atoms with van der Waals surface area (Å²) in [5.74, 6) is 2.64. The number of likely N-dealkylation sites (N-methyl/N-ethyl adjacent to an activating group) is 1. The number of anilines is 1. The number of amides is 1. The summed E-state index contributed by atoms with van der Waals surface area (Å²) in [6.45, 7) is 2.31. The molecule has 1 amide bonds. The van der Waals surface area contributed by atoms with Crippen LogP contribution in [0.4, 0.5) is 5.69 Å². The lowest BCUT2D eigenvalue weighted by Crippen LogP contribution is -2.34. The summed E-state index contributed by atoms with van der Waals surface area (Å²) in [6, 6.07) is 20.9. The van der Waals surface area contributed by atoms with Gasteiger partial charge in [-0.1, -0.05) is 24.3 Å². The monoisotopic (exact) mass is 492 g/mol. The molecule has 0 saturated heterocycles. The topological polar surface area (TPSA) is 60.5 Å². The quantitative estimate of drug-likeness (QED) is 0.337. The fourth-order valence-corrected chi connectivity index (χ4v) is 4.04. The molecule has 3 rings (SSSR count). The summed E-state index contributed by atoms with van der Waals surface area (Å²) >= 11 is 0. The van der Waals surface area contributed by atoms with Crippen LogP contribution < -0.4 is 23.8 Å². The highest BCUT2D eigenvalue weighted by Crippen LogP contribution is 2.32. The number of methoxy groups -OCH3 is 4. The number of rotatable bonds is 13. The van der Waals surface area contributed by atoms with Crippen LogP contribution in [0.5, 0.6) is 23.0 Å². The Morgan fingerprint density at radius 3 is 1.94 bits per heavy atom. The van der Waals surface area contributed by atoms with E-state index in [-0.39, 0.29) is 5.91 Å². The first-order valence-electron chi connectivity index (χ1n) is 12.0. The van der Waals surface area contributed by atoms with Crippen LogP contribution in [-0.4, -0.2) is 65.9 Å². The highest BCUT2D eigenvalue weighted by molar-refractivity contribution is 6.06. The van der Waals surface area contributed by atoms with Gasteiger partial charge in [-0.15, -0.1) is 0 Å². The van der Waals surface area contributed by atoms with Crippen molar-refractivity contribution in [1.82, 2.24) is 4.90 Å². The number of hydrogen-bond acceptors (Lipinski definition) is 6. The molecule has 0 aliphatic heterocycles. The van der Waals surface area contributed by atoms with Gasteiger partial charge in [-0.3, -0.25) is 4.79 Å². The molecular weight excluding hydrogens is 456 g/mol. The maximum absolute atomic E-state index is 13.4. The Hall–Kier alpha value is -3.71. The van der Waals surface area contributed by atoms with E-state index in [4.69, 9.17) is 18.9 Å². The van der Waals surface area contributed by atoms with Gasteiger partial charge >= 0.3 is 0 Å². The number of nitrogens with zero attached hydrogens (tertiary/aromatic N) is 2. The predicted octanol–water partition coefficient (Wildman–Crippen LogP) is 4.93. The SMILES string of the molecule is COc1ccc(CCN(C)CCCN(C(=O)c2ccccc2)c2ccc(OC)c(OC)c2)cc1OC. The van der Waals surface area contributed by atoms with E-state index in [0.29, 0.717) is 23.6 Å². The molecule has 0 aliphatic rings. The van der Waals surface area contributed by atoms with Gasteiger partial charge in [-0.25, -0.2) is 0 Å².